The highest BCUT2D eigenvalue weighted by atomic mass is 127. The number of aromatic amines is 1. The molecule has 28 heavy (non-hydrogen) atoms. The number of H-pyrrole nitrogens is 1. The third kappa shape index (κ3) is 5.73. The van der Waals surface area contributed by atoms with Gasteiger partial charge in [-0.2, -0.15) is 5.10 Å². The molecule has 152 valence electrons. The Morgan fingerprint density at radius 1 is 1.14 bits per heavy atom. The predicted molar refractivity (Wildman–Crippen MR) is 128 cm³/mol. The zero-order valence-corrected chi connectivity index (χ0v) is 19.5. The van der Waals surface area contributed by atoms with Crippen molar-refractivity contribution in [3.05, 3.63) is 53.0 Å². The van der Waals surface area contributed by atoms with Gasteiger partial charge < -0.3 is 15.6 Å². The van der Waals surface area contributed by atoms with Crippen LogP contribution in [0.5, 0.6) is 0 Å². The summed E-state index contributed by atoms with van der Waals surface area (Å²) in [7, 11) is 1.81. The Morgan fingerprint density at radius 3 is 2.64 bits per heavy atom. The van der Waals surface area contributed by atoms with Crippen LogP contribution in [-0.4, -0.2) is 40.9 Å². The molecular weight excluding hydrogens is 463 g/mol. The fraction of sp³-hybridized carbons (Fsp3) is 0.429. The third-order valence-electron chi connectivity index (χ3n) is 4.78. The second-order valence-corrected chi connectivity index (χ2v) is 7.04. The van der Waals surface area contributed by atoms with Crippen molar-refractivity contribution in [1.29, 1.82) is 0 Å². The van der Waals surface area contributed by atoms with E-state index >= 15 is 0 Å². The number of hydrogen-bond acceptors (Lipinski definition) is 2. The van der Waals surface area contributed by atoms with Crippen molar-refractivity contribution in [1.82, 2.24) is 25.4 Å². The molecule has 0 spiro atoms. The Hall–Kier alpha value is -2.03. The minimum atomic E-state index is 0. The van der Waals surface area contributed by atoms with Gasteiger partial charge in [0.05, 0.1) is 5.69 Å². The maximum atomic E-state index is 4.50. The number of halogens is 1. The van der Waals surface area contributed by atoms with E-state index in [1.807, 2.05) is 14.0 Å². The van der Waals surface area contributed by atoms with Crippen LogP contribution in [0.2, 0.25) is 0 Å². The van der Waals surface area contributed by atoms with Gasteiger partial charge in [-0.05, 0) is 56.9 Å². The van der Waals surface area contributed by atoms with Gasteiger partial charge >= 0.3 is 0 Å². The first-order chi connectivity index (χ1) is 13.1. The highest BCUT2D eigenvalue weighted by molar-refractivity contribution is 14.0. The maximum absolute atomic E-state index is 4.50. The fourth-order valence-electron chi connectivity index (χ4n) is 3.38. The lowest BCUT2D eigenvalue weighted by Gasteiger charge is -2.12. The van der Waals surface area contributed by atoms with Gasteiger partial charge in [-0.25, -0.2) is 0 Å². The summed E-state index contributed by atoms with van der Waals surface area (Å²) in [6.07, 6.45) is 4.07. The first-order valence-corrected chi connectivity index (χ1v) is 9.59. The van der Waals surface area contributed by atoms with Crippen LogP contribution in [0.25, 0.3) is 10.9 Å². The van der Waals surface area contributed by atoms with Crippen molar-refractivity contribution in [2.45, 2.75) is 40.2 Å². The molecular formula is C21H31IN6. The summed E-state index contributed by atoms with van der Waals surface area (Å²) in [6, 6.07) is 8.66. The number of aryl methyl sites for hydroxylation is 4. The Balaban J connectivity index is 0.00000280. The van der Waals surface area contributed by atoms with Gasteiger partial charge in [0.2, 0.25) is 0 Å². The molecule has 0 fully saturated rings. The molecule has 3 aromatic rings. The normalized spacial score (nSPS) is 11.5. The van der Waals surface area contributed by atoms with Crippen LogP contribution >= 0.6 is 24.0 Å². The number of fused-ring (bicyclic) bond motifs is 1. The monoisotopic (exact) mass is 494 g/mol. The quantitative estimate of drug-likeness (QED) is 0.203. The van der Waals surface area contributed by atoms with Gasteiger partial charge in [0.25, 0.3) is 0 Å². The summed E-state index contributed by atoms with van der Waals surface area (Å²) in [5, 5.41) is 12.6. The van der Waals surface area contributed by atoms with E-state index in [0.717, 1.165) is 44.1 Å². The van der Waals surface area contributed by atoms with E-state index < -0.39 is 0 Å². The van der Waals surface area contributed by atoms with Crippen molar-refractivity contribution in [2.75, 3.05) is 20.1 Å². The maximum Gasteiger partial charge on any atom is 0.190 e. The highest BCUT2D eigenvalue weighted by Gasteiger charge is 2.05. The Kier molecular flexibility index (Phi) is 8.35. The van der Waals surface area contributed by atoms with E-state index in [1.54, 1.807) is 0 Å². The molecule has 6 nitrogen and oxygen atoms in total. The van der Waals surface area contributed by atoms with Crippen molar-refractivity contribution >= 4 is 40.8 Å². The number of aliphatic imine (C=N–C) groups is 1. The molecule has 0 aliphatic heterocycles. The van der Waals surface area contributed by atoms with Crippen LogP contribution in [0, 0.1) is 20.8 Å². The number of rotatable bonds is 7. The van der Waals surface area contributed by atoms with E-state index in [9.17, 15) is 0 Å². The topological polar surface area (TPSA) is 70.0 Å². The average Bonchev–Trinajstić information content (AvgIpc) is 3.18. The number of aromatic nitrogens is 3. The van der Waals surface area contributed by atoms with E-state index in [1.165, 1.54) is 27.7 Å². The lowest BCUT2D eigenvalue weighted by molar-refractivity contribution is 0.555. The lowest BCUT2D eigenvalue weighted by atomic mass is 10.1. The largest absolute Gasteiger partial charge is 0.361 e. The molecule has 3 rings (SSSR count). The number of guanidine groups is 1. The molecule has 0 saturated carbocycles. The van der Waals surface area contributed by atoms with Crippen molar-refractivity contribution in [3.63, 3.8) is 0 Å². The number of hydrogen-bond donors (Lipinski definition) is 3. The van der Waals surface area contributed by atoms with Gasteiger partial charge in [-0.15, -0.1) is 24.0 Å². The molecule has 1 aromatic carbocycles. The fourth-order valence-corrected chi connectivity index (χ4v) is 3.38. The third-order valence-corrected chi connectivity index (χ3v) is 4.78. The van der Waals surface area contributed by atoms with Crippen LogP contribution in [0.15, 0.2) is 35.5 Å². The van der Waals surface area contributed by atoms with Crippen LogP contribution < -0.4 is 10.6 Å². The van der Waals surface area contributed by atoms with Crippen LogP contribution in [0.3, 0.4) is 0 Å². The molecule has 0 bridgehead atoms. The SMILES string of the molecule is CN=C(NCCCn1nc(C)cc1C)NCCc1c[nH]c2cc(C)ccc12.I. The Morgan fingerprint density at radius 2 is 1.93 bits per heavy atom. The molecule has 3 N–H and O–H groups in total. The highest BCUT2D eigenvalue weighted by Crippen LogP contribution is 2.19. The summed E-state index contributed by atoms with van der Waals surface area (Å²) in [5.41, 5.74) is 6.10. The summed E-state index contributed by atoms with van der Waals surface area (Å²) in [6.45, 7) is 8.87. The number of nitrogens with zero attached hydrogens (tertiary/aromatic N) is 3. The van der Waals surface area contributed by atoms with Gasteiger partial charge in [-0.3, -0.25) is 9.67 Å². The minimum Gasteiger partial charge on any atom is -0.361 e. The molecule has 0 unspecified atom stereocenters. The van der Waals surface area contributed by atoms with Gasteiger partial charge in [-0.1, -0.05) is 12.1 Å². The molecule has 0 atom stereocenters. The van der Waals surface area contributed by atoms with Crippen molar-refractivity contribution < 1.29 is 0 Å². The molecule has 0 aliphatic carbocycles. The Labute approximate surface area is 184 Å². The molecule has 7 heteroatoms. The summed E-state index contributed by atoms with van der Waals surface area (Å²) in [5.74, 6) is 0.846. The van der Waals surface area contributed by atoms with Gasteiger partial charge in [0.1, 0.15) is 0 Å². The number of nitrogens with one attached hydrogen (secondary N) is 3. The van der Waals surface area contributed by atoms with Gasteiger partial charge in [0.15, 0.2) is 5.96 Å². The summed E-state index contributed by atoms with van der Waals surface area (Å²) >= 11 is 0. The standard InChI is InChI=1S/C21H30N6.HI/c1-15-6-7-19-18(14-25-20(19)12-15)8-10-24-21(22-4)23-9-5-11-27-17(3)13-16(2)26-27;/h6-7,12-14,25H,5,8-11H2,1-4H3,(H2,22,23,24);1H. The molecule has 0 radical (unpaired) electrons. The molecule has 0 saturated heterocycles. The molecule has 0 aliphatic rings. The zero-order valence-electron chi connectivity index (χ0n) is 17.2. The van der Waals surface area contributed by atoms with Gasteiger partial charge in [0, 0.05) is 49.5 Å². The van der Waals surface area contributed by atoms with E-state index in [-0.39, 0.29) is 24.0 Å². The smallest absolute Gasteiger partial charge is 0.190 e. The van der Waals surface area contributed by atoms with Crippen molar-refractivity contribution in [2.24, 2.45) is 4.99 Å². The van der Waals surface area contributed by atoms with E-state index in [2.05, 4.69) is 74.7 Å². The molecule has 2 aromatic heterocycles. The first-order valence-electron chi connectivity index (χ1n) is 9.59. The van der Waals surface area contributed by atoms with Crippen LogP contribution in [0.1, 0.15) is 28.9 Å². The first kappa shape index (κ1) is 22.3. The predicted octanol–water partition coefficient (Wildman–Crippen LogP) is 3.71. The minimum absolute atomic E-state index is 0. The summed E-state index contributed by atoms with van der Waals surface area (Å²) in [4.78, 5) is 7.67. The Bertz CT molecular complexity index is 924. The second-order valence-electron chi connectivity index (χ2n) is 7.04. The summed E-state index contributed by atoms with van der Waals surface area (Å²) < 4.78 is 2.06. The lowest BCUT2D eigenvalue weighted by Crippen LogP contribution is -2.39. The second kappa shape index (κ2) is 10.5. The van der Waals surface area contributed by atoms with E-state index in [0.29, 0.717) is 0 Å². The average molecular weight is 494 g/mol. The van der Waals surface area contributed by atoms with Crippen molar-refractivity contribution in [3.8, 4) is 0 Å². The van der Waals surface area contributed by atoms with E-state index in [4.69, 9.17) is 0 Å². The molecule has 2 heterocycles. The van der Waals surface area contributed by atoms with Crippen LogP contribution in [0.4, 0.5) is 0 Å². The van der Waals surface area contributed by atoms with Crippen LogP contribution in [-0.2, 0) is 13.0 Å². The molecule has 0 amide bonds. The zero-order chi connectivity index (χ0) is 19.2. The number of benzene rings is 1.